The van der Waals surface area contributed by atoms with Crippen LogP contribution in [0.1, 0.15) is 12.8 Å². The highest BCUT2D eigenvalue weighted by atomic mass is 32.1. The Balaban J connectivity index is 1.04. The SMILES string of the molecule is O=C(C1CCN(c2ccc3nncn3n2)CC1)N1CCN(c2nc3cccnc3s2)CC1. The molecular weight excluding hydrogens is 426 g/mol. The number of aromatic nitrogens is 6. The molecule has 164 valence electrons. The van der Waals surface area contributed by atoms with E-state index in [1.54, 1.807) is 28.4 Å². The lowest BCUT2D eigenvalue weighted by atomic mass is 9.95. The van der Waals surface area contributed by atoms with Crippen LogP contribution in [0.3, 0.4) is 0 Å². The van der Waals surface area contributed by atoms with Gasteiger partial charge in [0.1, 0.15) is 22.5 Å². The Hall–Kier alpha value is -3.34. The average Bonchev–Trinajstić information content (AvgIpc) is 3.50. The molecule has 11 heteroatoms. The summed E-state index contributed by atoms with van der Waals surface area (Å²) >= 11 is 1.62. The van der Waals surface area contributed by atoms with E-state index in [1.165, 1.54) is 0 Å². The lowest BCUT2D eigenvalue weighted by Gasteiger charge is -2.38. The fourth-order valence-electron chi connectivity index (χ4n) is 4.51. The third kappa shape index (κ3) is 3.52. The van der Waals surface area contributed by atoms with Gasteiger partial charge in [-0.1, -0.05) is 11.3 Å². The van der Waals surface area contributed by atoms with Crippen LogP contribution >= 0.6 is 11.3 Å². The molecule has 4 aromatic heterocycles. The molecule has 0 bridgehead atoms. The van der Waals surface area contributed by atoms with E-state index in [9.17, 15) is 4.79 Å². The number of thiazole rings is 1. The molecule has 2 fully saturated rings. The monoisotopic (exact) mass is 449 g/mol. The maximum atomic E-state index is 13.2. The highest BCUT2D eigenvalue weighted by molar-refractivity contribution is 7.21. The molecule has 0 radical (unpaired) electrons. The number of carbonyl (C=O) groups is 1. The zero-order chi connectivity index (χ0) is 21.5. The lowest BCUT2D eigenvalue weighted by molar-refractivity contribution is -0.136. The number of carbonyl (C=O) groups excluding carboxylic acids is 1. The van der Waals surface area contributed by atoms with Crippen molar-refractivity contribution in [2.24, 2.45) is 5.92 Å². The Bertz CT molecular complexity index is 1200. The number of nitrogens with zero attached hydrogens (tertiary/aromatic N) is 9. The summed E-state index contributed by atoms with van der Waals surface area (Å²) in [7, 11) is 0. The number of piperazine rings is 1. The highest BCUT2D eigenvalue weighted by Crippen LogP contribution is 2.29. The van der Waals surface area contributed by atoms with Crippen LogP contribution in [0.4, 0.5) is 10.9 Å². The normalized spacial score (nSPS) is 18.1. The van der Waals surface area contributed by atoms with Crippen molar-refractivity contribution in [2.45, 2.75) is 12.8 Å². The van der Waals surface area contributed by atoms with Gasteiger partial charge < -0.3 is 14.7 Å². The summed E-state index contributed by atoms with van der Waals surface area (Å²) in [5, 5.41) is 13.5. The predicted octanol–water partition coefficient (Wildman–Crippen LogP) is 1.69. The van der Waals surface area contributed by atoms with Gasteiger partial charge in [-0.05, 0) is 37.1 Å². The Morgan fingerprint density at radius 1 is 1.00 bits per heavy atom. The maximum Gasteiger partial charge on any atom is 0.225 e. The molecule has 0 N–H and O–H groups in total. The topological polar surface area (TPSA) is 95.6 Å². The van der Waals surface area contributed by atoms with Gasteiger partial charge in [-0.3, -0.25) is 4.79 Å². The minimum absolute atomic E-state index is 0.0862. The summed E-state index contributed by atoms with van der Waals surface area (Å²) in [6.07, 6.45) is 5.12. The number of amides is 1. The lowest BCUT2D eigenvalue weighted by Crippen LogP contribution is -2.51. The standard InChI is InChI=1S/C21H23N9OS/c31-20(15-5-8-27(9-6-15)18-4-3-17-25-23-14-30(17)26-18)28-10-12-29(13-11-28)21-24-16-2-1-7-22-19(16)32-21/h1-4,7,14-15H,5-6,8-13H2. The largest absolute Gasteiger partial charge is 0.355 e. The maximum absolute atomic E-state index is 13.2. The molecule has 0 aromatic carbocycles. The molecule has 0 saturated carbocycles. The fraction of sp³-hybridized carbons (Fsp3) is 0.429. The number of anilines is 2. The number of hydrogen-bond acceptors (Lipinski definition) is 9. The first-order valence-electron chi connectivity index (χ1n) is 10.9. The van der Waals surface area contributed by atoms with E-state index in [1.807, 2.05) is 29.2 Å². The molecule has 2 saturated heterocycles. The smallest absolute Gasteiger partial charge is 0.225 e. The Morgan fingerprint density at radius 2 is 1.84 bits per heavy atom. The molecule has 0 atom stereocenters. The second kappa shape index (κ2) is 7.97. The number of rotatable bonds is 3. The van der Waals surface area contributed by atoms with Crippen molar-refractivity contribution in [2.75, 3.05) is 49.1 Å². The van der Waals surface area contributed by atoms with Crippen molar-refractivity contribution in [1.82, 2.24) is 34.7 Å². The summed E-state index contributed by atoms with van der Waals surface area (Å²) in [5.41, 5.74) is 1.68. The third-order valence-electron chi connectivity index (χ3n) is 6.33. The van der Waals surface area contributed by atoms with Crippen LogP contribution in [0.25, 0.3) is 16.0 Å². The average molecular weight is 450 g/mol. The van der Waals surface area contributed by atoms with Gasteiger partial charge in [0.25, 0.3) is 0 Å². The molecule has 32 heavy (non-hydrogen) atoms. The van der Waals surface area contributed by atoms with E-state index in [2.05, 4.69) is 30.1 Å². The van der Waals surface area contributed by atoms with Crippen molar-refractivity contribution in [3.05, 3.63) is 36.8 Å². The summed E-state index contributed by atoms with van der Waals surface area (Å²) in [5.74, 6) is 1.28. The summed E-state index contributed by atoms with van der Waals surface area (Å²) in [4.78, 5) is 29.7. The zero-order valence-electron chi connectivity index (χ0n) is 17.5. The van der Waals surface area contributed by atoms with Crippen LogP contribution < -0.4 is 9.80 Å². The quantitative estimate of drug-likeness (QED) is 0.466. The van der Waals surface area contributed by atoms with E-state index in [4.69, 9.17) is 4.98 Å². The van der Waals surface area contributed by atoms with E-state index < -0.39 is 0 Å². The van der Waals surface area contributed by atoms with Gasteiger partial charge in [-0.2, -0.15) is 4.52 Å². The molecule has 2 aliphatic heterocycles. The number of pyridine rings is 1. The van der Waals surface area contributed by atoms with Crippen molar-refractivity contribution < 1.29 is 4.79 Å². The Kier molecular flexibility index (Phi) is 4.82. The second-order valence-corrected chi connectivity index (χ2v) is 9.18. The Labute approximate surface area is 188 Å². The van der Waals surface area contributed by atoms with E-state index in [0.29, 0.717) is 0 Å². The third-order valence-corrected chi connectivity index (χ3v) is 7.37. The van der Waals surface area contributed by atoms with Crippen LogP contribution in [0, 0.1) is 5.92 Å². The number of piperidine rings is 1. The number of hydrogen-bond donors (Lipinski definition) is 0. The van der Waals surface area contributed by atoms with Crippen LogP contribution in [0.5, 0.6) is 0 Å². The van der Waals surface area contributed by atoms with Gasteiger partial charge in [0.15, 0.2) is 10.8 Å². The zero-order valence-corrected chi connectivity index (χ0v) is 18.4. The molecule has 6 rings (SSSR count). The molecule has 4 aromatic rings. The first-order chi connectivity index (χ1) is 15.7. The van der Waals surface area contributed by atoms with Gasteiger partial charge >= 0.3 is 0 Å². The highest BCUT2D eigenvalue weighted by Gasteiger charge is 2.31. The second-order valence-electron chi connectivity index (χ2n) is 8.22. The molecule has 0 unspecified atom stereocenters. The Morgan fingerprint density at radius 3 is 2.66 bits per heavy atom. The predicted molar refractivity (Wildman–Crippen MR) is 122 cm³/mol. The summed E-state index contributed by atoms with van der Waals surface area (Å²) < 4.78 is 1.69. The molecule has 0 spiro atoms. The molecule has 1 amide bonds. The molecule has 6 heterocycles. The van der Waals surface area contributed by atoms with Crippen LogP contribution in [0.2, 0.25) is 0 Å². The van der Waals surface area contributed by atoms with Gasteiger partial charge in [0.05, 0.1) is 0 Å². The van der Waals surface area contributed by atoms with E-state index in [-0.39, 0.29) is 11.8 Å². The molecule has 2 aliphatic rings. The van der Waals surface area contributed by atoms with Crippen LogP contribution in [-0.2, 0) is 4.79 Å². The molecular formula is C21H23N9OS. The van der Waals surface area contributed by atoms with Gasteiger partial charge in [0.2, 0.25) is 5.91 Å². The van der Waals surface area contributed by atoms with Gasteiger partial charge in [0, 0.05) is 51.4 Å². The first-order valence-corrected chi connectivity index (χ1v) is 11.7. The van der Waals surface area contributed by atoms with E-state index >= 15 is 0 Å². The van der Waals surface area contributed by atoms with E-state index in [0.717, 1.165) is 79.1 Å². The number of fused-ring (bicyclic) bond motifs is 2. The van der Waals surface area contributed by atoms with Gasteiger partial charge in [-0.15, -0.1) is 15.3 Å². The summed E-state index contributed by atoms with van der Waals surface area (Å²) in [6, 6.07) is 7.81. The summed E-state index contributed by atoms with van der Waals surface area (Å²) in [6.45, 7) is 4.77. The van der Waals surface area contributed by atoms with Gasteiger partial charge in [-0.25, -0.2) is 9.97 Å². The van der Waals surface area contributed by atoms with Crippen LogP contribution in [0.15, 0.2) is 36.8 Å². The van der Waals surface area contributed by atoms with Crippen molar-refractivity contribution in [3.8, 4) is 0 Å². The first kappa shape index (κ1) is 19.4. The fourth-order valence-corrected chi connectivity index (χ4v) is 5.47. The minimum atomic E-state index is 0.0862. The molecule has 0 aliphatic carbocycles. The van der Waals surface area contributed by atoms with Crippen LogP contribution in [-0.4, -0.2) is 79.9 Å². The van der Waals surface area contributed by atoms with Crippen molar-refractivity contribution >= 4 is 44.2 Å². The molecule has 10 nitrogen and oxygen atoms in total. The van der Waals surface area contributed by atoms with Crippen molar-refractivity contribution in [3.63, 3.8) is 0 Å². The van der Waals surface area contributed by atoms with Crippen molar-refractivity contribution in [1.29, 1.82) is 0 Å². The minimum Gasteiger partial charge on any atom is -0.355 e.